The van der Waals surface area contributed by atoms with Gasteiger partial charge in [-0.15, -0.1) is 0 Å². The van der Waals surface area contributed by atoms with E-state index in [0.29, 0.717) is 26.1 Å². The Morgan fingerprint density at radius 2 is 2.18 bits per heavy atom. The Hall–Kier alpha value is -2.21. The van der Waals surface area contributed by atoms with Crippen molar-refractivity contribution < 1.29 is 9.18 Å². The van der Waals surface area contributed by atoms with Crippen molar-refractivity contribution in [3.63, 3.8) is 0 Å². The van der Waals surface area contributed by atoms with Crippen LogP contribution in [0.25, 0.3) is 0 Å². The SMILES string of the molecule is O=C1CC(NCc2cnc[nH]2)CN1CCc1ccc(F)cc1. The van der Waals surface area contributed by atoms with Crippen LogP contribution in [-0.4, -0.2) is 39.9 Å². The molecule has 0 saturated carbocycles. The predicted molar refractivity (Wildman–Crippen MR) is 80.5 cm³/mol. The number of likely N-dealkylation sites (tertiary alicyclic amines) is 1. The van der Waals surface area contributed by atoms with E-state index in [0.717, 1.165) is 17.7 Å². The first-order valence-electron chi connectivity index (χ1n) is 7.43. The Kier molecular flexibility index (Phi) is 4.48. The van der Waals surface area contributed by atoms with Crippen molar-refractivity contribution >= 4 is 5.91 Å². The molecule has 1 atom stereocenters. The number of aromatic nitrogens is 2. The van der Waals surface area contributed by atoms with E-state index in [1.165, 1.54) is 12.1 Å². The van der Waals surface area contributed by atoms with Gasteiger partial charge >= 0.3 is 0 Å². The number of halogens is 1. The van der Waals surface area contributed by atoms with E-state index in [1.807, 2.05) is 4.90 Å². The molecule has 1 aromatic carbocycles. The Morgan fingerprint density at radius 3 is 2.91 bits per heavy atom. The standard InChI is InChI=1S/C16H19FN4O/c17-13-3-1-12(2-4-13)5-6-21-10-14(7-16(21)22)19-9-15-8-18-11-20-15/h1-4,8,11,14,19H,5-7,9-10H2,(H,18,20). The van der Waals surface area contributed by atoms with E-state index >= 15 is 0 Å². The first-order chi connectivity index (χ1) is 10.7. The van der Waals surface area contributed by atoms with Crippen LogP contribution in [0.3, 0.4) is 0 Å². The second-order valence-electron chi connectivity index (χ2n) is 5.58. The summed E-state index contributed by atoms with van der Waals surface area (Å²) < 4.78 is 12.9. The van der Waals surface area contributed by atoms with Gasteiger partial charge in [-0.05, 0) is 24.1 Å². The van der Waals surface area contributed by atoms with Gasteiger partial charge in [0, 0.05) is 44.0 Å². The number of hydrogen-bond acceptors (Lipinski definition) is 3. The number of carbonyl (C=O) groups is 1. The van der Waals surface area contributed by atoms with E-state index < -0.39 is 0 Å². The maximum atomic E-state index is 12.9. The minimum Gasteiger partial charge on any atom is -0.347 e. The van der Waals surface area contributed by atoms with E-state index in [4.69, 9.17) is 0 Å². The second kappa shape index (κ2) is 6.70. The van der Waals surface area contributed by atoms with Crippen molar-refractivity contribution in [2.45, 2.75) is 25.4 Å². The zero-order valence-electron chi connectivity index (χ0n) is 12.3. The monoisotopic (exact) mass is 302 g/mol. The third-order valence-electron chi connectivity index (χ3n) is 3.93. The van der Waals surface area contributed by atoms with Gasteiger partial charge in [-0.2, -0.15) is 0 Å². The molecular weight excluding hydrogens is 283 g/mol. The number of nitrogens with zero attached hydrogens (tertiary/aromatic N) is 2. The van der Waals surface area contributed by atoms with Crippen molar-refractivity contribution in [2.75, 3.05) is 13.1 Å². The van der Waals surface area contributed by atoms with E-state index in [2.05, 4.69) is 15.3 Å². The molecule has 2 heterocycles. The molecule has 22 heavy (non-hydrogen) atoms. The van der Waals surface area contributed by atoms with Crippen LogP contribution in [0.15, 0.2) is 36.8 Å². The second-order valence-corrected chi connectivity index (χ2v) is 5.58. The van der Waals surface area contributed by atoms with Gasteiger partial charge in [-0.1, -0.05) is 12.1 Å². The summed E-state index contributed by atoms with van der Waals surface area (Å²) in [5, 5.41) is 3.37. The number of hydrogen-bond donors (Lipinski definition) is 2. The molecule has 2 N–H and O–H groups in total. The molecular formula is C16H19FN4O. The largest absolute Gasteiger partial charge is 0.347 e. The molecule has 1 aromatic heterocycles. The lowest BCUT2D eigenvalue weighted by Crippen LogP contribution is -2.33. The quantitative estimate of drug-likeness (QED) is 0.850. The number of imidazole rings is 1. The summed E-state index contributed by atoms with van der Waals surface area (Å²) >= 11 is 0. The van der Waals surface area contributed by atoms with Crippen LogP contribution >= 0.6 is 0 Å². The third kappa shape index (κ3) is 3.71. The number of benzene rings is 1. The van der Waals surface area contributed by atoms with E-state index in [-0.39, 0.29) is 17.8 Å². The van der Waals surface area contributed by atoms with Gasteiger partial charge in [0.05, 0.1) is 6.33 Å². The minimum absolute atomic E-state index is 0.170. The highest BCUT2D eigenvalue weighted by Crippen LogP contribution is 2.13. The van der Waals surface area contributed by atoms with Crippen molar-refractivity contribution in [3.8, 4) is 0 Å². The zero-order chi connectivity index (χ0) is 15.4. The fourth-order valence-corrected chi connectivity index (χ4v) is 2.68. The van der Waals surface area contributed by atoms with Gasteiger partial charge in [0.2, 0.25) is 5.91 Å². The molecule has 1 aliphatic rings. The average Bonchev–Trinajstić information content (AvgIpc) is 3.14. The summed E-state index contributed by atoms with van der Waals surface area (Å²) in [5.41, 5.74) is 2.06. The molecule has 1 fully saturated rings. The fraction of sp³-hybridized carbons (Fsp3) is 0.375. The Labute approximate surface area is 128 Å². The maximum Gasteiger partial charge on any atom is 0.224 e. The van der Waals surface area contributed by atoms with Gasteiger partial charge in [-0.3, -0.25) is 4.79 Å². The summed E-state index contributed by atoms with van der Waals surface area (Å²) in [6.07, 6.45) is 4.69. The fourth-order valence-electron chi connectivity index (χ4n) is 2.68. The zero-order valence-corrected chi connectivity index (χ0v) is 12.3. The molecule has 6 heteroatoms. The summed E-state index contributed by atoms with van der Waals surface area (Å²) in [6.45, 7) is 2.07. The van der Waals surface area contributed by atoms with Gasteiger partial charge in [0.15, 0.2) is 0 Å². The molecule has 0 bridgehead atoms. The van der Waals surface area contributed by atoms with Gasteiger partial charge in [0.25, 0.3) is 0 Å². The number of H-pyrrole nitrogens is 1. The average molecular weight is 302 g/mol. The van der Waals surface area contributed by atoms with Crippen LogP contribution in [-0.2, 0) is 17.8 Å². The Morgan fingerprint density at radius 1 is 1.36 bits per heavy atom. The number of nitrogens with one attached hydrogen (secondary N) is 2. The third-order valence-corrected chi connectivity index (χ3v) is 3.93. The van der Waals surface area contributed by atoms with Crippen LogP contribution in [0.1, 0.15) is 17.7 Å². The number of carbonyl (C=O) groups excluding carboxylic acids is 1. The number of amides is 1. The van der Waals surface area contributed by atoms with Crippen molar-refractivity contribution in [1.82, 2.24) is 20.2 Å². The van der Waals surface area contributed by atoms with E-state index in [1.54, 1.807) is 24.7 Å². The highest BCUT2D eigenvalue weighted by Gasteiger charge is 2.28. The molecule has 1 aliphatic heterocycles. The molecule has 0 aliphatic carbocycles. The number of aromatic amines is 1. The summed E-state index contributed by atoms with van der Waals surface area (Å²) in [6, 6.07) is 6.61. The summed E-state index contributed by atoms with van der Waals surface area (Å²) in [7, 11) is 0. The van der Waals surface area contributed by atoms with Crippen LogP contribution in [0.4, 0.5) is 4.39 Å². The predicted octanol–water partition coefficient (Wildman–Crippen LogP) is 1.48. The van der Waals surface area contributed by atoms with Crippen molar-refractivity contribution in [1.29, 1.82) is 0 Å². The van der Waals surface area contributed by atoms with Crippen LogP contribution in [0.5, 0.6) is 0 Å². The lowest BCUT2D eigenvalue weighted by molar-refractivity contribution is -0.127. The summed E-state index contributed by atoms with van der Waals surface area (Å²) in [4.78, 5) is 20.9. The Bertz CT molecular complexity index is 612. The molecule has 1 amide bonds. The van der Waals surface area contributed by atoms with Crippen molar-refractivity contribution in [2.24, 2.45) is 0 Å². The molecule has 3 rings (SSSR count). The minimum atomic E-state index is -0.232. The smallest absolute Gasteiger partial charge is 0.224 e. The molecule has 5 nitrogen and oxygen atoms in total. The Balaban J connectivity index is 1.46. The van der Waals surface area contributed by atoms with E-state index in [9.17, 15) is 9.18 Å². The first-order valence-corrected chi connectivity index (χ1v) is 7.43. The van der Waals surface area contributed by atoms with Crippen molar-refractivity contribution in [3.05, 3.63) is 53.9 Å². The van der Waals surface area contributed by atoms with Crippen LogP contribution in [0, 0.1) is 5.82 Å². The molecule has 0 spiro atoms. The first kappa shape index (κ1) is 14.7. The topological polar surface area (TPSA) is 61.0 Å². The normalized spacial score (nSPS) is 18.1. The number of rotatable bonds is 6. The molecule has 116 valence electrons. The van der Waals surface area contributed by atoms with Crippen LogP contribution < -0.4 is 5.32 Å². The van der Waals surface area contributed by atoms with Gasteiger partial charge in [-0.25, -0.2) is 9.37 Å². The lowest BCUT2D eigenvalue weighted by Gasteiger charge is -2.17. The molecule has 2 aromatic rings. The molecule has 0 radical (unpaired) electrons. The highest BCUT2D eigenvalue weighted by atomic mass is 19.1. The van der Waals surface area contributed by atoms with Gasteiger partial charge < -0.3 is 15.2 Å². The lowest BCUT2D eigenvalue weighted by atomic mass is 10.1. The van der Waals surface area contributed by atoms with Gasteiger partial charge in [0.1, 0.15) is 5.82 Å². The maximum absolute atomic E-state index is 12.9. The molecule has 1 saturated heterocycles. The molecule has 1 unspecified atom stereocenters. The highest BCUT2D eigenvalue weighted by molar-refractivity contribution is 5.79. The van der Waals surface area contributed by atoms with Crippen LogP contribution in [0.2, 0.25) is 0 Å². The summed E-state index contributed by atoms with van der Waals surface area (Å²) in [5.74, 6) is -0.0618.